The van der Waals surface area contributed by atoms with Crippen LogP contribution in [0.5, 0.6) is 23.0 Å². The van der Waals surface area contributed by atoms with Crippen LogP contribution < -0.4 is 67.4 Å². The van der Waals surface area contributed by atoms with Crippen molar-refractivity contribution in [3.63, 3.8) is 0 Å². The topological polar surface area (TPSA) is 18.5 Å². The molecule has 0 bridgehead atoms. The molecule has 99 heavy (non-hydrogen) atoms. The smallest absolute Gasteiger partial charge is 0.260 e. The standard InChI is InChI=1S/C94H87BO2Si2/c1-91(2,3)70-53-68(54-71(61-70)92(4,5)6)64-49-51-84-86(59-64)96-89-82(66-33-31-47-80(57-66)98(74-35-19-13-20-36-74,75-37-21-14-22-38-75)76-39-23-15-24-40-76)63-83(67-34-32-48-81(58-67)99(77-41-25-16-26-42-77,78-43-27-17-28-44-78)79-45-29-18-30-46-79)90-88(89)95(84)85-52-50-65(60-87(85)97-90)69-55-72(93(7,8)9)62-73(56-69)94(10,11)12/h13-63H,1-12H3. The van der Waals surface area contributed by atoms with Gasteiger partial charge in [-0.25, -0.2) is 0 Å². The van der Waals surface area contributed by atoms with Crippen molar-refractivity contribution in [2.24, 2.45) is 0 Å². The van der Waals surface area contributed by atoms with Crippen molar-refractivity contribution in [1.29, 1.82) is 0 Å². The third-order valence-corrected chi connectivity index (χ3v) is 30.6. The van der Waals surface area contributed by atoms with Gasteiger partial charge in [-0.15, -0.1) is 0 Å². The van der Waals surface area contributed by atoms with Crippen molar-refractivity contribution in [2.75, 3.05) is 0 Å². The fourth-order valence-electron chi connectivity index (χ4n) is 15.6. The first kappa shape index (κ1) is 64.9. The quantitative estimate of drug-likeness (QED) is 0.0897. The zero-order valence-corrected chi connectivity index (χ0v) is 61.3. The van der Waals surface area contributed by atoms with Gasteiger partial charge in [-0.1, -0.05) is 374 Å². The van der Waals surface area contributed by atoms with E-state index in [1.807, 2.05) is 0 Å². The molecule has 13 aromatic rings. The number of hydrogen-bond donors (Lipinski definition) is 0. The normalized spacial score (nSPS) is 13.0. The zero-order valence-electron chi connectivity index (χ0n) is 59.3. The highest BCUT2D eigenvalue weighted by molar-refractivity contribution is 7.20. The molecule has 0 radical (unpaired) electrons. The van der Waals surface area contributed by atoms with E-state index in [0.717, 1.165) is 72.8 Å². The minimum atomic E-state index is -3.03. The van der Waals surface area contributed by atoms with E-state index in [1.54, 1.807) is 0 Å². The predicted octanol–water partition coefficient (Wildman–Crippen LogP) is 17.0. The van der Waals surface area contributed by atoms with Crippen LogP contribution in [-0.2, 0) is 21.7 Å². The molecule has 486 valence electrons. The van der Waals surface area contributed by atoms with Gasteiger partial charge in [0.25, 0.3) is 6.71 Å². The molecule has 2 nitrogen and oxygen atoms in total. The van der Waals surface area contributed by atoms with E-state index in [-0.39, 0.29) is 28.4 Å². The van der Waals surface area contributed by atoms with E-state index in [1.165, 1.54) is 74.9 Å². The fourth-order valence-corrected chi connectivity index (χ4v) is 25.2. The van der Waals surface area contributed by atoms with Crippen LogP contribution in [0.25, 0.3) is 44.5 Å². The van der Waals surface area contributed by atoms with Gasteiger partial charge in [-0.05, 0) is 148 Å². The van der Waals surface area contributed by atoms with Crippen LogP contribution in [0.2, 0.25) is 0 Å². The van der Waals surface area contributed by atoms with Gasteiger partial charge in [0.1, 0.15) is 23.0 Å². The van der Waals surface area contributed by atoms with Gasteiger partial charge in [-0.3, -0.25) is 0 Å². The maximum absolute atomic E-state index is 7.93. The molecule has 5 heteroatoms. The summed E-state index contributed by atoms with van der Waals surface area (Å²) in [6, 6.07) is 118. The zero-order chi connectivity index (χ0) is 68.6. The van der Waals surface area contributed by atoms with E-state index in [2.05, 4.69) is 392 Å². The SMILES string of the molecule is CC(C)(C)c1cc(-c2ccc3c(c2)Oc2c(-c4cccc([Si](c5ccccc5)(c5ccccc5)c5ccccc5)c4)cc(-c4cccc([Si](c5ccccc5)(c5ccccc5)c5ccccc5)c4)c4c2B3c2ccc(-c3cc(C(C)(C)C)cc(C(C)(C)C)c3)cc2O4)cc(C(C)(C)C)c1. The summed E-state index contributed by atoms with van der Waals surface area (Å²) < 4.78 is 15.9. The Labute approximate surface area is 590 Å². The third-order valence-electron chi connectivity index (χ3n) is 21.1. The highest BCUT2D eigenvalue weighted by atomic mass is 28.3. The molecule has 15 rings (SSSR count). The highest BCUT2D eigenvalue weighted by Crippen LogP contribution is 2.48. The summed E-state index contributed by atoms with van der Waals surface area (Å²) in [7, 11) is -6.06. The average molecular weight is 1320 g/mol. The van der Waals surface area contributed by atoms with Gasteiger partial charge < -0.3 is 9.47 Å². The maximum atomic E-state index is 7.93. The molecular weight excluding hydrogens is 1230 g/mol. The number of hydrogen-bond acceptors (Lipinski definition) is 2. The molecule has 0 unspecified atom stereocenters. The van der Waals surface area contributed by atoms with Gasteiger partial charge in [0.15, 0.2) is 16.1 Å². The van der Waals surface area contributed by atoms with Gasteiger partial charge >= 0.3 is 0 Å². The van der Waals surface area contributed by atoms with Gasteiger partial charge in [0, 0.05) is 16.6 Å². The van der Waals surface area contributed by atoms with E-state index in [4.69, 9.17) is 9.47 Å². The van der Waals surface area contributed by atoms with Crippen molar-refractivity contribution in [3.8, 4) is 67.5 Å². The molecule has 0 fully saturated rings. The lowest BCUT2D eigenvalue weighted by molar-refractivity contribution is 0.467. The number of ether oxygens (including phenoxy) is 2. The van der Waals surface area contributed by atoms with Crippen LogP contribution in [-0.4, -0.2) is 22.9 Å². The number of rotatable bonds is 12. The minimum Gasteiger partial charge on any atom is -0.458 e. The first-order valence-corrected chi connectivity index (χ1v) is 39.3. The van der Waals surface area contributed by atoms with E-state index in [9.17, 15) is 0 Å². The van der Waals surface area contributed by atoms with Crippen LogP contribution in [0, 0.1) is 0 Å². The molecule has 0 saturated heterocycles. The summed E-state index contributed by atoms with van der Waals surface area (Å²) in [5.41, 5.74) is 17.0. The van der Waals surface area contributed by atoms with Crippen LogP contribution in [0.1, 0.15) is 105 Å². The summed E-state index contributed by atoms with van der Waals surface area (Å²) in [5.74, 6) is 3.31. The fraction of sp³-hybridized carbons (Fsp3) is 0.170. The van der Waals surface area contributed by atoms with Crippen molar-refractivity contribution < 1.29 is 9.47 Å². The molecule has 0 aromatic heterocycles. The monoisotopic (exact) mass is 1310 g/mol. The van der Waals surface area contributed by atoms with Crippen molar-refractivity contribution >= 4 is 80.7 Å². The Balaban J connectivity index is 1.04. The third kappa shape index (κ3) is 11.7. The van der Waals surface area contributed by atoms with Crippen LogP contribution in [0.15, 0.2) is 309 Å². The summed E-state index contributed by atoms with van der Waals surface area (Å²) in [5, 5.41) is 10.5. The lowest BCUT2D eigenvalue weighted by atomic mass is 9.34. The number of benzene rings is 13. The Morgan fingerprint density at radius 3 is 0.778 bits per heavy atom. The largest absolute Gasteiger partial charge is 0.458 e. The van der Waals surface area contributed by atoms with Gasteiger partial charge in [0.2, 0.25) is 0 Å². The van der Waals surface area contributed by atoms with Gasteiger partial charge in [0.05, 0.1) is 0 Å². The molecule has 0 spiro atoms. The Hall–Kier alpha value is -10.0. The predicted molar refractivity (Wildman–Crippen MR) is 428 cm³/mol. The first-order chi connectivity index (χ1) is 47.6. The Morgan fingerprint density at radius 2 is 0.505 bits per heavy atom. The second-order valence-electron chi connectivity index (χ2n) is 31.6. The lowest BCUT2D eigenvalue weighted by Gasteiger charge is -2.37. The Bertz CT molecular complexity index is 4580. The van der Waals surface area contributed by atoms with E-state index in [0.29, 0.717) is 0 Å². The summed E-state index contributed by atoms with van der Waals surface area (Å²) in [4.78, 5) is 0. The van der Waals surface area contributed by atoms with Gasteiger partial charge in [-0.2, -0.15) is 0 Å². The molecule has 0 amide bonds. The molecule has 2 aliphatic heterocycles. The number of fused-ring (bicyclic) bond motifs is 4. The van der Waals surface area contributed by atoms with Crippen LogP contribution in [0.3, 0.4) is 0 Å². The molecule has 13 aromatic carbocycles. The molecule has 0 N–H and O–H groups in total. The first-order valence-electron chi connectivity index (χ1n) is 35.3. The Morgan fingerprint density at radius 1 is 0.232 bits per heavy atom. The summed E-state index contributed by atoms with van der Waals surface area (Å²) >= 11 is 0. The van der Waals surface area contributed by atoms with Crippen LogP contribution in [0.4, 0.5) is 0 Å². The molecular formula is C94H87BO2Si2. The van der Waals surface area contributed by atoms with Crippen molar-refractivity contribution in [2.45, 2.75) is 105 Å². The summed E-state index contributed by atoms with van der Waals surface area (Å²) in [6.45, 7) is 27.6. The lowest BCUT2D eigenvalue weighted by Crippen LogP contribution is -2.74. The molecule has 2 aliphatic rings. The minimum absolute atomic E-state index is 0.0694. The highest BCUT2D eigenvalue weighted by Gasteiger charge is 2.46. The van der Waals surface area contributed by atoms with E-state index < -0.39 is 16.1 Å². The molecule has 0 atom stereocenters. The molecule has 0 saturated carbocycles. The molecule has 0 aliphatic carbocycles. The van der Waals surface area contributed by atoms with E-state index >= 15 is 0 Å². The second kappa shape index (κ2) is 25.0. The summed E-state index contributed by atoms with van der Waals surface area (Å²) in [6.07, 6.45) is 0. The van der Waals surface area contributed by atoms with Crippen molar-refractivity contribution in [1.82, 2.24) is 0 Å². The second-order valence-corrected chi connectivity index (χ2v) is 39.3. The van der Waals surface area contributed by atoms with Crippen LogP contribution >= 0.6 is 0 Å². The molecule has 2 heterocycles. The van der Waals surface area contributed by atoms with Crippen molar-refractivity contribution in [3.05, 3.63) is 332 Å². The Kier molecular flexibility index (Phi) is 16.4. The average Bonchev–Trinajstić information content (AvgIpc) is 0.698. The maximum Gasteiger partial charge on any atom is 0.260 e.